The predicted molar refractivity (Wildman–Crippen MR) is 111 cm³/mol. The fraction of sp³-hybridized carbons (Fsp3) is 0.182. The van der Waals surface area contributed by atoms with Crippen molar-refractivity contribution in [2.45, 2.75) is 6.54 Å². The Bertz CT molecular complexity index is 1140. The number of halogens is 1. The van der Waals surface area contributed by atoms with E-state index in [1.54, 1.807) is 42.5 Å². The first kappa shape index (κ1) is 21.5. The normalized spacial score (nSPS) is 13.8. The number of fused-ring (bicyclic) bond motifs is 1. The molecular formula is C22H20FN3O6. The third-order valence-electron chi connectivity index (χ3n) is 4.71. The monoisotopic (exact) mass is 441 g/mol. The highest BCUT2D eigenvalue weighted by Gasteiger charge is 2.22. The number of quaternary nitrogens is 1. The predicted octanol–water partition coefficient (Wildman–Crippen LogP) is 2.22. The van der Waals surface area contributed by atoms with Gasteiger partial charge in [-0.3, -0.25) is 4.57 Å². The molecule has 3 aromatic rings. The van der Waals surface area contributed by atoms with Gasteiger partial charge in [-0.1, -0.05) is 24.3 Å². The van der Waals surface area contributed by atoms with Crippen LogP contribution in [0.1, 0.15) is 21.7 Å². The van der Waals surface area contributed by atoms with Crippen LogP contribution < -0.4 is 14.7 Å². The molecule has 0 amide bonds. The highest BCUT2D eigenvalue weighted by atomic mass is 19.1. The third-order valence-corrected chi connectivity index (χ3v) is 4.71. The maximum Gasteiger partial charge on any atom is 0.342 e. The van der Waals surface area contributed by atoms with Crippen molar-refractivity contribution < 1.29 is 33.8 Å². The van der Waals surface area contributed by atoms with Gasteiger partial charge in [-0.15, -0.1) is 0 Å². The van der Waals surface area contributed by atoms with E-state index >= 15 is 0 Å². The number of carbonyl (C=O) groups excluding carboxylic acids is 1. The Morgan fingerprint density at radius 3 is 2.88 bits per heavy atom. The molecule has 0 saturated heterocycles. The number of rotatable bonds is 7. The molecule has 2 N–H and O–H groups in total. The Balaban J connectivity index is 1.47. The topological polar surface area (TPSA) is 110 Å². The summed E-state index contributed by atoms with van der Waals surface area (Å²) >= 11 is 0. The fourth-order valence-corrected chi connectivity index (χ4v) is 3.25. The van der Waals surface area contributed by atoms with Crippen molar-refractivity contribution >= 4 is 23.9 Å². The van der Waals surface area contributed by atoms with E-state index in [2.05, 4.69) is 4.98 Å². The minimum Gasteiger partial charge on any atom is -0.594 e. The van der Waals surface area contributed by atoms with Gasteiger partial charge in [-0.25, -0.2) is 19.4 Å². The molecule has 1 aliphatic rings. The summed E-state index contributed by atoms with van der Waals surface area (Å²) in [4.78, 5) is 16.7. The number of nitrogens with one attached hydrogen (secondary N) is 1. The molecule has 9 nitrogen and oxygen atoms in total. The van der Waals surface area contributed by atoms with Gasteiger partial charge in [0.05, 0.1) is 6.54 Å². The highest BCUT2D eigenvalue weighted by Crippen LogP contribution is 2.33. The van der Waals surface area contributed by atoms with Crippen LogP contribution >= 0.6 is 0 Å². The molecule has 32 heavy (non-hydrogen) atoms. The lowest BCUT2D eigenvalue weighted by molar-refractivity contribution is -0.994. The van der Waals surface area contributed by atoms with E-state index in [1.807, 2.05) is 0 Å². The van der Waals surface area contributed by atoms with Gasteiger partial charge in [0, 0.05) is 0 Å². The number of benzene rings is 2. The minimum absolute atomic E-state index is 0.0581. The maximum absolute atomic E-state index is 13.4. The van der Waals surface area contributed by atoms with Crippen molar-refractivity contribution in [3.8, 4) is 11.5 Å². The van der Waals surface area contributed by atoms with Crippen LogP contribution in [-0.4, -0.2) is 40.5 Å². The zero-order valence-corrected chi connectivity index (χ0v) is 16.9. The van der Waals surface area contributed by atoms with E-state index in [9.17, 15) is 19.6 Å². The van der Waals surface area contributed by atoms with Crippen LogP contribution in [0.15, 0.2) is 48.7 Å². The largest absolute Gasteiger partial charge is 0.594 e. The molecule has 1 unspecified atom stereocenters. The second-order valence-electron chi connectivity index (χ2n) is 6.81. The second-order valence-corrected chi connectivity index (χ2v) is 6.81. The van der Waals surface area contributed by atoms with E-state index in [0.29, 0.717) is 36.1 Å². The Labute approximate surface area is 182 Å². The van der Waals surface area contributed by atoms with Crippen LogP contribution in [0.2, 0.25) is 0 Å². The summed E-state index contributed by atoms with van der Waals surface area (Å²) in [6, 6.07) is 10.9. The number of aromatic nitrogens is 2. The first-order chi connectivity index (χ1) is 15.5. The summed E-state index contributed by atoms with van der Waals surface area (Å²) < 4.78 is 31.1. The van der Waals surface area contributed by atoms with E-state index < -0.39 is 11.2 Å². The van der Waals surface area contributed by atoms with Crippen LogP contribution in [0.5, 0.6) is 11.5 Å². The first-order valence-corrected chi connectivity index (χ1v) is 9.81. The zero-order chi connectivity index (χ0) is 22.5. The molecule has 0 spiro atoms. The van der Waals surface area contributed by atoms with E-state index in [0.717, 1.165) is 0 Å². The van der Waals surface area contributed by atoms with Gasteiger partial charge >= 0.3 is 5.97 Å². The van der Waals surface area contributed by atoms with Gasteiger partial charge in [0.15, 0.2) is 11.5 Å². The lowest BCUT2D eigenvalue weighted by Crippen LogP contribution is -2.99. The molecule has 0 radical (unpaired) electrons. The SMILES string of the molecule is O=C(OCCn1c([NH+]([O-])O)cnc1/C=C\c1cccc(F)c1)c1cccc2c1OCCO2. The van der Waals surface area contributed by atoms with Crippen LogP contribution in [0.4, 0.5) is 10.2 Å². The average Bonchev–Trinajstić information content (AvgIpc) is 3.20. The number of hydrogen-bond acceptors (Lipinski definition) is 7. The summed E-state index contributed by atoms with van der Waals surface area (Å²) in [6.45, 7) is 0.689. The summed E-state index contributed by atoms with van der Waals surface area (Å²) in [5, 5.41) is 19.8. The summed E-state index contributed by atoms with van der Waals surface area (Å²) in [6.07, 6.45) is 4.41. The Morgan fingerprint density at radius 1 is 1.25 bits per heavy atom. The molecule has 2 aromatic carbocycles. The number of carbonyl (C=O) groups is 1. The van der Waals surface area contributed by atoms with Crippen molar-refractivity contribution in [2.24, 2.45) is 0 Å². The Morgan fingerprint density at radius 2 is 2.06 bits per heavy atom. The molecule has 0 fully saturated rings. The second kappa shape index (κ2) is 9.60. The summed E-state index contributed by atoms with van der Waals surface area (Å²) in [5.74, 6) is 0.0761. The van der Waals surface area contributed by atoms with Crippen molar-refractivity contribution in [1.29, 1.82) is 0 Å². The van der Waals surface area contributed by atoms with E-state index in [-0.39, 0.29) is 30.4 Å². The van der Waals surface area contributed by atoms with E-state index in [4.69, 9.17) is 14.2 Å². The fourth-order valence-electron chi connectivity index (χ4n) is 3.25. The van der Waals surface area contributed by atoms with Crippen molar-refractivity contribution in [1.82, 2.24) is 9.55 Å². The van der Waals surface area contributed by atoms with Crippen molar-refractivity contribution in [3.05, 3.63) is 76.6 Å². The molecule has 4 rings (SSSR count). The number of nitrogens with zero attached hydrogens (tertiary/aromatic N) is 2. The number of imidazole rings is 1. The highest BCUT2D eigenvalue weighted by molar-refractivity contribution is 5.93. The number of ether oxygens (including phenoxy) is 3. The number of para-hydroxylation sites is 1. The maximum atomic E-state index is 13.4. The number of esters is 1. The van der Waals surface area contributed by atoms with Crippen molar-refractivity contribution in [3.63, 3.8) is 0 Å². The molecule has 0 aliphatic carbocycles. The molecule has 1 atom stereocenters. The summed E-state index contributed by atoms with van der Waals surface area (Å²) in [5.41, 5.74) is 0.830. The van der Waals surface area contributed by atoms with E-state index in [1.165, 1.54) is 22.9 Å². The average molecular weight is 441 g/mol. The smallest absolute Gasteiger partial charge is 0.342 e. The molecule has 0 bridgehead atoms. The molecule has 166 valence electrons. The zero-order valence-electron chi connectivity index (χ0n) is 16.9. The van der Waals surface area contributed by atoms with Crippen molar-refractivity contribution in [2.75, 3.05) is 19.8 Å². The van der Waals surface area contributed by atoms with Gasteiger partial charge < -0.3 is 19.4 Å². The first-order valence-electron chi connectivity index (χ1n) is 9.81. The van der Waals surface area contributed by atoms with Crippen LogP contribution in [0.25, 0.3) is 12.2 Å². The quantitative estimate of drug-likeness (QED) is 0.427. The minimum atomic E-state index is -1.17. The van der Waals surface area contributed by atoms with Crippen LogP contribution in [0, 0.1) is 11.0 Å². The lowest BCUT2D eigenvalue weighted by Gasteiger charge is -2.20. The Kier molecular flexibility index (Phi) is 6.45. The van der Waals surface area contributed by atoms with Gasteiger partial charge in [0.1, 0.15) is 43.2 Å². The number of hydrogen-bond donors (Lipinski definition) is 2. The Hall–Kier alpha value is -3.73. The third kappa shape index (κ3) is 4.78. The molecule has 0 saturated carbocycles. The lowest BCUT2D eigenvalue weighted by atomic mass is 10.2. The van der Waals surface area contributed by atoms with Crippen LogP contribution in [-0.2, 0) is 11.3 Å². The van der Waals surface area contributed by atoms with Gasteiger partial charge in [-0.2, -0.15) is 5.23 Å². The molecule has 1 aromatic heterocycles. The van der Waals surface area contributed by atoms with Gasteiger partial charge in [0.25, 0.3) is 5.82 Å². The summed E-state index contributed by atoms with van der Waals surface area (Å²) in [7, 11) is 0. The van der Waals surface area contributed by atoms with Crippen LogP contribution in [0.3, 0.4) is 0 Å². The standard InChI is InChI=1S/C22H20FN3O6/c23-16-4-1-3-15(13-16)7-8-19-24-14-20(26(28)29)25(19)9-10-32-22(27)17-5-2-6-18-21(17)31-12-11-30-18/h1-8,13-14,26,28H,9-12H2/b8-7-. The molecule has 10 heteroatoms. The van der Waals surface area contributed by atoms with Gasteiger partial charge in [-0.05, 0) is 35.9 Å². The molecule has 2 heterocycles. The molecule has 1 aliphatic heterocycles. The molecular weight excluding hydrogens is 421 g/mol. The van der Waals surface area contributed by atoms with Gasteiger partial charge in [0.2, 0.25) is 0 Å².